The molecule has 0 saturated carbocycles. The molecular weight excluding hydrogens is 376 g/mol. The standard InChI is InChI=1S/C25H24N2OS/c1-15-10-11-16(2)24-23(15)18(4)26-21-14-20(12-13-22(21)29-24)25(28)27-17(3)19-8-6-5-7-9-19/h5-14,17H,1-4H3,(H,27,28)/t17-/m0/s1. The molecule has 0 unspecified atom stereocenters. The number of hydrogen-bond donors (Lipinski definition) is 1. The summed E-state index contributed by atoms with van der Waals surface area (Å²) in [6.07, 6.45) is 0. The summed E-state index contributed by atoms with van der Waals surface area (Å²) in [6.45, 7) is 8.30. The van der Waals surface area contributed by atoms with Gasteiger partial charge in [0.05, 0.1) is 11.7 Å². The summed E-state index contributed by atoms with van der Waals surface area (Å²) in [5, 5.41) is 3.09. The molecule has 3 aromatic rings. The molecule has 1 aliphatic heterocycles. The highest BCUT2D eigenvalue weighted by Gasteiger charge is 2.20. The minimum Gasteiger partial charge on any atom is -0.346 e. The summed E-state index contributed by atoms with van der Waals surface area (Å²) in [4.78, 5) is 20.0. The van der Waals surface area contributed by atoms with Crippen molar-refractivity contribution in [2.45, 2.75) is 43.5 Å². The first-order valence-corrected chi connectivity index (χ1v) is 10.6. The fourth-order valence-corrected chi connectivity index (χ4v) is 4.86. The molecule has 3 aromatic carbocycles. The molecule has 29 heavy (non-hydrogen) atoms. The van der Waals surface area contributed by atoms with Crippen LogP contribution in [0.15, 0.2) is 75.4 Å². The lowest BCUT2D eigenvalue weighted by Gasteiger charge is -2.15. The second kappa shape index (κ2) is 7.88. The van der Waals surface area contributed by atoms with E-state index >= 15 is 0 Å². The number of hydrogen-bond acceptors (Lipinski definition) is 3. The first kappa shape index (κ1) is 19.5. The van der Waals surface area contributed by atoms with Gasteiger partial charge in [-0.3, -0.25) is 9.79 Å². The number of aryl methyl sites for hydroxylation is 2. The molecule has 146 valence electrons. The Morgan fingerprint density at radius 1 is 0.966 bits per heavy atom. The number of carbonyl (C=O) groups is 1. The molecule has 1 amide bonds. The summed E-state index contributed by atoms with van der Waals surface area (Å²) < 4.78 is 0. The first-order chi connectivity index (χ1) is 13.9. The molecule has 4 rings (SSSR count). The molecule has 1 heterocycles. The summed E-state index contributed by atoms with van der Waals surface area (Å²) in [6, 6.07) is 20.0. The zero-order valence-electron chi connectivity index (χ0n) is 17.1. The van der Waals surface area contributed by atoms with E-state index in [0.29, 0.717) is 5.56 Å². The van der Waals surface area contributed by atoms with Gasteiger partial charge in [0.2, 0.25) is 0 Å². The zero-order valence-corrected chi connectivity index (χ0v) is 17.9. The van der Waals surface area contributed by atoms with Crippen molar-refractivity contribution in [3.63, 3.8) is 0 Å². The highest BCUT2D eigenvalue weighted by Crippen LogP contribution is 2.43. The Kier molecular flexibility index (Phi) is 5.29. The van der Waals surface area contributed by atoms with E-state index in [1.807, 2.05) is 62.4 Å². The van der Waals surface area contributed by atoms with Gasteiger partial charge >= 0.3 is 0 Å². The van der Waals surface area contributed by atoms with Gasteiger partial charge in [-0.05, 0) is 62.6 Å². The largest absolute Gasteiger partial charge is 0.346 e. The fraction of sp³-hybridized carbons (Fsp3) is 0.200. The number of nitrogens with one attached hydrogen (secondary N) is 1. The number of nitrogens with zero attached hydrogens (tertiary/aromatic N) is 1. The van der Waals surface area contributed by atoms with Gasteiger partial charge in [0, 0.05) is 26.6 Å². The van der Waals surface area contributed by atoms with Crippen molar-refractivity contribution < 1.29 is 4.79 Å². The van der Waals surface area contributed by atoms with Crippen LogP contribution in [-0.4, -0.2) is 11.6 Å². The Labute approximate surface area is 176 Å². The fourth-order valence-electron chi connectivity index (χ4n) is 3.65. The van der Waals surface area contributed by atoms with E-state index < -0.39 is 0 Å². The summed E-state index contributed by atoms with van der Waals surface area (Å²) in [7, 11) is 0. The molecule has 3 nitrogen and oxygen atoms in total. The van der Waals surface area contributed by atoms with Crippen molar-refractivity contribution in [3.05, 3.63) is 88.5 Å². The zero-order chi connectivity index (χ0) is 20.5. The maximum Gasteiger partial charge on any atom is 0.251 e. The average molecular weight is 401 g/mol. The van der Waals surface area contributed by atoms with Crippen LogP contribution in [0.4, 0.5) is 5.69 Å². The SMILES string of the molecule is CC1=Nc2cc(C(=O)N[C@@H](C)c3ccccc3)ccc2Sc2c(C)ccc(C)c21. The van der Waals surface area contributed by atoms with E-state index in [0.717, 1.165) is 21.9 Å². The lowest BCUT2D eigenvalue weighted by molar-refractivity contribution is 0.0940. The van der Waals surface area contributed by atoms with Crippen LogP contribution in [0.1, 0.15) is 52.5 Å². The quantitative estimate of drug-likeness (QED) is 0.553. The van der Waals surface area contributed by atoms with Crippen molar-refractivity contribution in [1.82, 2.24) is 5.32 Å². The maximum atomic E-state index is 12.8. The summed E-state index contributed by atoms with van der Waals surface area (Å²) in [5.41, 5.74) is 7.22. The van der Waals surface area contributed by atoms with Crippen LogP contribution >= 0.6 is 11.8 Å². The van der Waals surface area contributed by atoms with Crippen molar-refractivity contribution in [1.29, 1.82) is 0 Å². The molecule has 1 atom stereocenters. The number of aliphatic imine (C=N–C) groups is 1. The number of carbonyl (C=O) groups excluding carboxylic acids is 1. The molecule has 0 radical (unpaired) electrons. The Hall–Kier alpha value is -2.85. The summed E-state index contributed by atoms with van der Waals surface area (Å²) in [5.74, 6) is -0.0869. The molecule has 1 N–H and O–H groups in total. The highest BCUT2D eigenvalue weighted by molar-refractivity contribution is 7.99. The van der Waals surface area contributed by atoms with E-state index in [-0.39, 0.29) is 11.9 Å². The van der Waals surface area contributed by atoms with E-state index in [4.69, 9.17) is 4.99 Å². The minimum atomic E-state index is -0.0869. The van der Waals surface area contributed by atoms with Crippen LogP contribution < -0.4 is 5.32 Å². The lowest BCUT2D eigenvalue weighted by atomic mass is 10.0. The van der Waals surface area contributed by atoms with Gasteiger partial charge in [-0.25, -0.2) is 0 Å². The highest BCUT2D eigenvalue weighted by atomic mass is 32.2. The Morgan fingerprint density at radius 3 is 2.45 bits per heavy atom. The van der Waals surface area contributed by atoms with Crippen LogP contribution in [0, 0.1) is 13.8 Å². The molecule has 0 spiro atoms. The molecular formula is C25H24N2OS. The van der Waals surface area contributed by atoms with Gasteiger partial charge in [0.25, 0.3) is 5.91 Å². The molecule has 0 saturated heterocycles. The van der Waals surface area contributed by atoms with Gasteiger partial charge in [-0.2, -0.15) is 0 Å². The minimum absolute atomic E-state index is 0.0586. The van der Waals surface area contributed by atoms with Gasteiger partial charge < -0.3 is 5.32 Å². The first-order valence-electron chi connectivity index (χ1n) is 9.77. The Balaban J connectivity index is 1.65. The van der Waals surface area contributed by atoms with Crippen LogP contribution in [-0.2, 0) is 0 Å². The van der Waals surface area contributed by atoms with Crippen molar-refractivity contribution >= 4 is 29.1 Å². The topological polar surface area (TPSA) is 41.5 Å². The van der Waals surface area contributed by atoms with Crippen molar-refractivity contribution in [2.24, 2.45) is 4.99 Å². The molecule has 0 fully saturated rings. The smallest absolute Gasteiger partial charge is 0.251 e. The Bertz CT molecular complexity index is 1120. The molecule has 0 aromatic heterocycles. The molecule has 1 aliphatic rings. The van der Waals surface area contributed by atoms with E-state index in [9.17, 15) is 4.79 Å². The van der Waals surface area contributed by atoms with Crippen molar-refractivity contribution in [2.75, 3.05) is 0 Å². The summed E-state index contributed by atoms with van der Waals surface area (Å²) >= 11 is 1.73. The maximum absolute atomic E-state index is 12.8. The molecule has 0 bridgehead atoms. The number of rotatable bonds is 3. The molecule has 4 heteroatoms. The van der Waals surface area contributed by atoms with Crippen LogP contribution in [0.2, 0.25) is 0 Å². The van der Waals surface area contributed by atoms with E-state index in [2.05, 4.69) is 31.3 Å². The van der Waals surface area contributed by atoms with Crippen LogP contribution in [0.3, 0.4) is 0 Å². The van der Waals surface area contributed by atoms with Gasteiger partial charge in [0.15, 0.2) is 0 Å². The van der Waals surface area contributed by atoms with Crippen molar-refractivity contribution in [3.8, 4) is 0 Å². The normalized spacial score (nSPS) is 13.6. The Morgan fingerprint density at radius 2 is 1.69 bits per heavy atom. The van der Waals surface area contributed by atoms with Gasteiger partial charge in [-0.1, -0.05) is 54.2 Å². The van der Waals surface area contributed by atoms with Crippen LogP contribution in [0.5, 0.6) is 0 Å². The monoisotopic (exact) mass is 400 g/mol. The third-order valence-corrected chi connectivity index (χ3v) is 6.59. The molecule has 0 aliphatic carbocycles. The number of amides is 1. The predicted molar refractivity (Wildman–Crippen MR) is 121 cm³/mol. The van der Waals surface area contributed by atoms with Gasteiger partial charge in [-0.15, -0.1) is 0 Å². The number of benzene rings is 3. The number of fused-ring (bicyclic) bond motifs is 2. The third-order valence-electron chi connectivity index (χ3n) is 5.29. The average Bonchev–Trinajstić information content (AvgIpc) is 2.87. The van der Waals surface area contributed by atoms with Crippen LogP contribution in [0.25, 0.3) is 0 Å². The van der Waals surface area contributed by atoms with Gasteiger partial charge in [0.1, 0.15) is 0 Å². The third kappa shape index (κ3) is 3.85. The second-order valence-corrected chi connectivity index (χ2v) is 8.54. The second-order valence-electron chi connectivity index (χ2n) is 7.49. The predicted octanol–water partition coefficient (Wildman–Crippen LogP) is 6.40. The van der Waals surface area contributed by atoms with E-state index in [1.54, 1.807) is 11.8 Å². The van der Waals surface area contributed by atoms with E-state index in [1.165, 1.54) is 21.6 Å². The lowest BCUT2D eigenvalue weighted by Crippen LogP contribution is -2.26.